The first-order valence-electron chi connectivity index (χ1n) is 8.69. The Balaban J connectivity index is 1.43. The molecule has 0 aromatic heterocycles. The van der Waals surface area contributed by atoms with Gasteiger partial charge in [-0.05, 0) is 36.0 Å². The summed E-state index contributed by atoms with van der Waals surface area (Å²) in [7, 11) is 0. The molecule has 3 aliphatic rings. The summed E-state index contributed by atoms with van der Waals surface area (Å²) >= 11 is 0. The number of benzene rings is 1. The highest BCUT2D eigenvalue weighted by Crippen LogP contribution is 2.36. The number of rotatable bonds is 3. The first-order valence-corrected chi connectivity index (χ1v) is 8.69. The second-order valence-electron chi connectivity index (χ2n) is 7.02. The van der Waals surface area contributed by atoms with E-state index >= 15 is 0 Å². The fourth-order valence-electron chi connectivity index (χ4n) is 4.17. The summed E-state index contributed by atoms with van der Waals surface area (Å²) in [6.07, 6.45) is 0.902. The molecule has 1 aromatic rings. The number of nitrogens with zero attached hydrogens (tertiary/aromatic N) is 2. The average Bonchev–Trinajstić information content (AvgIpc) is 3.23. The topological polar surface area (TPSA) is 42.0 Å². The van der Waals surface area contributed by atoms with Gasteiger partial charge in [0.1, 0.15) is 5.82 Å². The second-order valence-corrected chi connectivity index (χ2v) is 7.02. The van der Waals surface area contributed by atoms with Crippen molar-refractivity contribution in [1.82, 2.24) is 9.96 Å². The first kappa shape index (κ1) is 16.0. The Labute approximate surface area is 141 Å². The Bertz CT molecular complexity index is 606. The molecule has 0 aliphatic carbocycles. The molecule has 24 heavy (non-hydrogen) atoms. The van der Waals surface area contributed by atoms with Crippen LogP contribution >= 0.6 is 0 Å². The standard InChI is InChI=1S/C18H23FN2O3/c19-15-4-1-3-13(7-15)8-20-9-14-11-23-12-17(16(14)10-20)18(22)21-5-2-6-24-21/h1,3-4,7,14,16-17H,2,5-6,8-12H2/t14-,16-,17+/m0/s1. The Hall–Kier alpha value is -1.50. The van der Waals surface area contributed by atoms with Crippen molar-refractivity contribution >= 4 is 5.91 Å². The van der Waals surface area contributed by atoms with Crippen molar-refractivity contribution in [3.63, 3.8) is 0 Å². The molecule has 3 fully saturated rings. The molecule has 1 aromatic carbocycles. The van der Waals surface area contributed by atoms with Gasteiger partial charge in [-0.3, -0.25) is 14.5 Å². The summed E-state index contributed by atoms with van der Waals surface area (Å²) in [5.41, 5.74) is 0.973. The summed E-state index contributed by atoms with van der Waals surface area (Å²) in [4.78, 5) is 20.4. The zero-order valence-corrected chi connectivity index (χ0v) is 13.7. The number of hydroxylamine groups is 2. The third-order valence-corrected chi connectivity index (χ3v) is 5.32. The quantitative estimate of drug-likeness (QED) is 0.844. The van der Waals surface area contributed by atoms with Crippen LogP contribution in [0.2, 0.25) is 0 Å². The van der Waals surface area contributed by atoms with Crippen molar-refractivity contribution in [2.45, 2.75) is 13.0 Å². The number of halogens is 1. The lowest BCUT2D eigenvalue weighted by atomic mass is 9.82. The van der Waals surface area contributed by atoms with Crippen molar-refractivity contribution in [3.8, 4) is 0 Å². The van der Waals surface area contributed by atoms with E-state index in [9.17, 15) is 9.18 Å². The molecular formula is C18H23FN2O3. The van der Waals surface area contributed by atoms with Gasteiger partial charge >= 0.3 is 0 Å². The summed E-state index contributed by atoms with van der Waals surface area (Å²) in [5, 5.41) is 1.52. The number of likely N-dealkylation sites (tertiary alicyclic amines) is 1. The van der Waals surface area contributed by atoms with Gasteiger partial charge in [-0.15, -0.1) is 0 Å². The number of carbonyl (C=O) groups excluding carboxylic acids is 1. The summed E-state index contributed by atoms with van der Waals surface area (Å²) in [5.74, 6) is 0.397. The Kier molecular flexibility index (Phi) is 4.52. The Morgan fingerprint density at radius 2 is 2.21 bits per heavy atom. The van der Waals surface area contributed by atoms with Crippen LogP contribution in [0.1, 0.15) is 12.0 Å². The molecule has 3 heterocycles. The van der Waals surface area contributed by atoms with Gasteiger partial charge in [-0.1, -0.05) is 12.1 Å². The van der Waals surface area contributed by atoms with E-state index in [4.69, 9.17) is 9.57 Å². The van der Waals surface area contributed by atoms with Gasteiger partial charge in [0.2, 0.25) is 0 Å². The SMILES string of the molecule is O=C([C@@H]1COC[C@@H]2CN(Cc3cccc(F)c3)C[C@@H]21)N1CCCO1. The first-order chi connectivity index (χ1) is 11.7. The van der Waals surface area contributed by atoms with Crippen molar-refractivity contribution < 1.29 is 18.8 Å². The van der Waals surface area contributed by atoms with Gasteiger partial charge in [-0.2, -0.15) is 0 Å². The highest BCUT2D eigenvalue weighted by Gasteiger charge is 2.45. The minimum atomic E-state index is -0.202. The summed E-state index contributed by atoms with van der Waals surface area (Å²) < 4.78 is 19.1. The maximum absolute atomic E-state index is 13.4. The van der Waals surface area contributed by atoms with Crippen LogP contribution in [0.25, 0.3) is 0 Å². The van der Waals surface area contributed by atoms with Gasteiger partial charge in [0.15, 0.2) is 0 Å². The minimum absolute atomic E-state index is 0.0646. The third kappa shape index (κ3) is 3.18. The lowest BCUT2D eigenvalue weighted by molar-refractivity contribution is -0.181. The number of hydrogen-bond acceptors (Lipinski definition) is 4. The molecule has 0 saturated carbocycles. The summed E-state index contributed by atoms with van der Waals surface area (Å²) in [6.45, 7) is 4.95. The predicted molar refractivity (Wildman–Crippen MR) is 85.2 cm³/mol. The van der Waals surface area contributed by atoms with E-state index in [-0.39, 0.29) is 17.6 Å². The molecule has 3 aliphatic heterocycles. The van der Waals surface area contributed by atoms with Crippen LogP contribution in [-0.4, -0.2) is 55.3 Å². The lowest BCUT2D eigenvalue weighted by Crippen LogP contribution is -2.45. The highest BCUT2D eigenvalue weighted by molar-refractivity contribution is 5.78. The smallest absolute Gasteiger partial charge is 0.251 e. The molecule has 3 saturated heterocycles. The minimum Gasteiger partial charge on any atom is -0.380 e. The number of ether oxygens (including phenoxy) is 1. The maximum atomic E-state index is 13.4. The third-order valence-electron chi connectivity index (χ3n) is 5.32. The molecule has 0 N–H and O–H groups in total. The molecular weight excluding hydrogens is 311 g/mol. The average molecular weight is 334 g/mol. The fraction of sp³-hybridized carbons (Fsp3) is 0.611. The van der Waals surface area contributed by atoms with Crippen LogP contribution in [-0.2, 0) is 20.9 Å². The molecule has 6 heteroatoms. The molecule has 1 amide bonds. The predicted octanol–water partition coefficient (Wildman–Crippen LogP) is 1.68. The molecule has 130 valence electrons. The number of hydrogen-bond donors (Lipinski definition) is 0. The van der Waals surface area contributed by atoms with Gasteiger partial charge in [0.25, 0.3) is 5.91 Å². The van der Waals surface area contributed by atoms with Crippen LogP contribution in [0, 0.1) is 23.6 Å². The van der Waals surface area contributed by atoms with Gasteiger partial charge in [0, 0.05) is 19.6 Å². The van der Waals surface area contributed by atoms with E-state index in [1.54, 1.807) is 12.1 Å². The second kappa shape index (κ2) is 6.78. The molecule has 4 rings (SSSR count). The highest BCUT2D eigenvalue weighted by atomic mass is 19.1. The number of carbonyl (C=O) groups is 1. The van der Waals surface area contributed by atoms with Crippen molar-refractivity contribution in [1.29, 1.82) is 0 Å². The van der Waals surface area contributed by atoms with Gasteiger partial charge in [-0.25, -0.2) is 9.45 Å². The number of amides is 1. The van der Waals surface area contributed by atoms with Gasteiger partial charge in [0.05, 0.1) is 32.3 Å². The molecule has 3 atom stereocenters. The van der Waals surface area contributed by atoms with E-state index in [1.807, 2.05) is 6.07 Å². The van der Waals surface area contributed by atoms with Crippen LogP contribution < -0.4 is 0 Å². The van der Waals surface area contributed by atoms with E-state index in [0.29, 0.717) is 44.7 Å². The molecule has 0 spiro atoms. The maximum Gasteiger partial charge on any atom is 0.251 e. The molecule has 5 nitrogen and oxygen atoms in total. The number of fused-ring (bicyclic) bond motifs is 1. The van der Waals surface area contributed by atoms with E-state index in [0.717, 1.165) is 25.1 Å². The fourth-order valence-corrected chi connectivity index (χ4v) is 4.17. The van der Waals surface area contributed by atoms with E-state index in [2.05, 4.69) is 4.90 Å². The Morgan fingerprint density at radius 3 is 3.00 bits per heavy atom. The monoisotopic (exact) mass is 334 g/mol. The van der Waals surface area contributed by atoms with Crippen LogP contribution in [0.3, 0.4) is 0 Å². The molecule has 0 unspecified atom stereocenters. The van der Waals surface area contributed by atoms with Crippen LogP contribution in [0.5, 0.6) is 0 Å². The normalized spacial score (nSPS) is 30.5. The van der Waals surface area contributed by atoms with Crippen molar-refractivity contribution in [2.75, 3.05) is 39.5 Å². The van der Waals surface area contributed by atoms with Crippen LogP contribution in [0.4, 0.5) is 4.39 Å². The van der Waals surface area contributed by atoms with Crippen molar-refractivity contribution in [3.05, 3.63) is 35.6 Å². The Morgan fingerprint density at radius 1 is 1.29 bits per heavy atom. The largest absolute Gasteiger partial charge is 0.380 e. The molecule has 0 radical (unpaired) electrons. The zero-order valence-electron chi connectivity index (χ0n) is 13.7. The summed E-state index contributed by atoms with van der Waals surface area (Å²) in [6, 6.07) is 6.74. The van der Waals surface area contributed by atoms with E-state index < -0.39 is 0 Å². The van der Waals surface area contributed by atoms with Gasteiger partial charge < -0.3 is 4.74 Å². The lowest BCUT2D eigenvalue weighted by Gasteiger charge is -2.33. The molecule has 0 bridgehead atoms. The zero-order chi connectivity index (χ0) is 16.5. The van der Waals surface area contributed by atoms with Crippen LogP contribution in [0.15, 0.2) is 24.3 Å². The van der Waals surface area contributed by atoms with Crippen molar-refractivity contribution in [2.24, 2.45) is 17.8 Å². The van der Waals surface area contributed by atoms with E-state index in [1.165, 1.54) is 11.1 Å².